The number of aromatic hydroxyl groups is 1. The van der Waals surface area contributed by atoms with Gasteiger partial charge in [0.05, 0.1) is 11.4 Å². The lowest BCUT2D eigenvalue weighted by atomic mass is 10.2. The summed E-state index contributed by atoms with van der Waals surface area (Å²) in [6, 6.07) is 4.70. The topological polar surface area (TPSA) is 56.3 Å². The van der Waals surface area contributed by atoms with E-state index in [-0.39, 0.29) is 5.75 Å². The van der Waals surface area contributed by atoms with Crippen LogP contribution in [0.5, 0.6) is 5.75 Å². The summed E-state index contributed by atoms with van der Waals surface area (Å²) in [5, 5.41) is 18.4. The third kappa shape index (κ3) is 1.61. The number of hydrogen-bond donors (Lipinski definition) is 4. The Hall–Kier alpha value is -1.58. The van der Waals surface area contributed by atoms with Crippen molar-refractivity contribution in [2.75, 3.05) is 37.1 Å². The summed E-state index contributed by atoms with van der Waals surface area (Å²) < 4.78 is 0. The van der Waals surface area contributed by atoms with Gasteiger partial charge in [0.2, 0.25) is 0 Å². The molecule has 0 fully saturated rings. The Kier molecular flexibility index (Phi) is 2.84. The van der Waals surface area contributed by atoms with Crippen LogP contribution < -0.4 is 16.0 Å². The molecule has 0 saturated carbocycles. The smallest absolute Gasteiger partial charge is 0.164 e. The van der Waals surface area contributed by atoms with Crippen molar-refractivity contribution in [3.8, 4) is 5.75 Å². The summed E-state index contributed by atoms with van der Waals surface area (Å²) in [4.78, 5) is 0. The van der Waals surface area contributed by atoms with Crippen molar-refractivity contribution in [3.05, 3.63) is 12.1 Å². The summed E-state index contributed by atoms with van der Waals surface area (Å²) in [5.74, 6) is 0.202. The predicted molar refractivity (Wildman–Crippen MR) is 55.6 cm³/mol. The maximum absolute atomic E-state index is 9.72. The minimum atomic E-state index is 0.202. The van der Waals surface area contributed by atoms with E-state index in [4.69, 9.17) is 0 Å². The highest BCUT2D eigenvalue weighted by Gasteiger charge is 2.09. The van der Waals surface area contributed by atoms with Gasteiger partial charge in [0, 0.05) is 27.2 Å². The largest absolute Gasteiger partial charge is 0.504 e. The molecule has 0 amide bonds. The molecule has 0 aliphatic carbocycles. The molecule has 0 atom stereocenters. The number of rotatable bonds is 3. The first-order valence-electron chi connectivity index (χ1n) is 4.05. The molecule has 71 valence electrons. The zero-order valence-corrected chi connectivity index (χ0v) is 8.02. The fourth-order valence-corrected chi connectivity index (χ4v) is 1.17. The summed E-state index contributed by atoms with van der Waals surface area (Å²) in [5.41, 5.74) is 2.05. The minimum absolute atomic E-state index is 0.202. The second kappa shape index (κ2) is 3.89. The van der Waals surface area contributed by atoms with Crippen molar-refractivity contribution >= 4 is 17.1 Å². The van der Waals surface area contributed by atoms with Crippen LogP contribution in [0.25, 0.3) is 0 Å². The predicted octanol–water partition coefficient (Wildman–Crippen LogP) is 1.32. The second-order valence-corrected chi connectivity index (χ2v) is 2.55. The molecule has 0 saturated heterocycles. The zero-order chi connectivity index (χ0) is 9.84. The Labute approximate surface area is 78.0 Å². The van der Waals surface area contributed by atoms with E-state index in [1.54, 1.807) is 27.2 Å². The molecule has 0 aromatic heterocycles. The molecule has 0 aliphatic rings. The SMILES string of the molecule is CNc1[c]cc(NC)c(O)c1NC. The van der Waals surface area contributed by atoms with Crippen molar-refractivity contribution in [1.29, 1.82) is 0 Å². The van der Waals surface area contributed by atoms with E-state index in [1.165, 1.54) is 0 Å². The first kappa shape index (κ1) is 9.51. The van der Waals surface area contributed by atoms with Crippen molar-refractivity contribution in [2.24, 2.45) is 0 Å². The van der Waals surface area contributed by atoms with Crippen LogP contribution >= 0.6 is 0 Å². The van der Waals surface area contributed by atoms with Gasteiger partial charge < -0.3 is 21.1 Å². The zero-order valence-electron chi connectivity index (χ0n) is 8.02. The molecule has 0 unspecified atom stereocenters. The highest BCUT2D eigenvalue weighted by atomic mass is 16.3. The number of hydrogen-bond acceptors (Lipinski definition) is 4. The van der Waals surface area contributed by atoms with Gasteiger partial charge in [-0.05, 0) is 6.07 Å². The summed E-state index contributed by atoms with van der Waals surface area (Å²) in [6.07, 6.45) is 0. The molecule has 13 heavy (non-hydrogen) atoms. The van der Waals surface area contributed by atoms with Crippen LogP contribution in [0, 0.1) is 6.07 Å². The van der Waals surface area contributed by atoms with E-state index in [2.05, 4.69) is 22.0 Å². The van der Waals surface area contributed by atoms with E-state index in [0.29, 0.717) is 11.4 Å². The summed E-state index contributed by atoms with van der Waals surface area (Å²) in [6.45, 7) is 0. The quantitative estimate of drug-likeness (QED) is 0.530. The van der Waals surface area contributed by atoms with E-state index < -0.39 is 0 Å². The van der Waals surface area contributed by atoms with Gasteiger partial charge in [-0.2, -0.15) is 0 Å². The first-order valence-corrected chi connectivity index (χ1v) is 4.05. The standard InChI is InChI=1S/C9H14N3O/c1-10-6-4-5-7(11-2)9(13)8(6)12-3/h5,10-13H,1-3H3. The molecule has 0 aliphatic heterocycles. The molecular formula is C9H14N3O. The van der Waals surface area contributed by atoms with Gasteiger partial charge in [-0.25, -0.2) is 0 Å². The van der Waals surface area contributed by atoms with Gasteiger partial charge in [-0.1, -0.05) is 0 Å². The van der Waals surface area contributed by atoms with Crippen LogP contribution in [0.15, 0.2) is 6.07 Å². The van der Waals surface area contributed by atoms with Crippen LogP contribution in [0.4, 0.5) is 17.1 Å². The van der Waals surface area contributed by atoms with E-state index in [1.807, 2.05) is 0 Å². The van der Waals surface area contributed by atoms with Crippen LogP contribution in [0.1, 0.15) is 0 Å². The molecule has 0 heterocycles. The molecule has 1 rings (SSSR count). The maximum atomic E-state index is 9.72. The monoisotopic (exact) mass is 180 g/mol. The van der Waals surface area contributed by atoms with Crippen LogP contribution in [0.2, 0.25) is 0 Å². The van der Waals surface area contributed by atoms with Gasteiger partial charge in [0.15, 0.2) is 5.75 Å². The number of phenolic OH excluding ortho intramolecular Hbond substituents is 1. The minimum Gasteiger partial charge on any atom is -0.504 e. The fraction of sp³-hybridized carbons (Fsp3) is 0.333. The molecule has 1 aromatic carbocycles. The van der Waals surface area contributed by atoms with Crippen molar-refractivity contribution in [2.45, 2.75) is 0 Å². The summed E-state index contributed by atoms with van der Waals surface area (Å²) >= 11 is 0. The molecule has 4 nitrogen and oxygen atoms in total. The Bertz CT molecular complexity index is 299. The Morgan fingerprint density at radius 1 is 1.15 bits per heavy atom. The van der Waals surface area contributed by atoms with E-state index in [0.717, 1.165) is 5.69 Å². The van der Waals surface area contributed by atoms with Gasteiger partial charge in [-0.3, -0.25) is 0 Å². The van der Waals surface area contributed by atoms with Gasteiger partial charge in [-0.15, -0.1) is 0 Å². The van der Waals surface area contributed by atoms with Gasteiger partial charge in [0.1, 0.15) is 5.69 Å². The first-order chi connectivity index (χ1) is 6.24. The average molecular weight is 180 g/mol. The van der Waals surface area contributed by atoms with Gasteiger partial charge in [0.25, 0.3) is 0 Å². The lowest BCUT2D eigenvalue weighted by molar-refractivity contribution is 0.480. The van der Waals surface area contributed by atoms with E-state index in [9.17, 15) is 5.11 Å². The molecule has 1 radical (unpaired) electrons. The average Bonchev–Trinajstić information content (AvgIpc) is 2.17. The third-order valence-electron chi connectivity index (χ3n) is 1.87. The Balaban J connectivity index is 3.23. The highest BCUT2D eigenvalue weighted by molar-refractivity contribution is 5.81. The van der Waals surface area contributed by atoms with Crippen LogP contribution in [-0.4, -0.2) is 26.2 Å². The number of benzene rings is 1. The van der Waals surface area contributed by atoms with Gasteiger partial charge >= 0.3 is 0 Å². The summed E-state index contributed by atoms with van der Waals surface area (Å²) in [7, 11) is 5.29. The number of anilines is 3. The maximum Gasteiger partial charge on any atom is 0.164 e. The van der Waals surface area contributed by atoms with Crippen LogP contribution in [0.3, 0.4) is 0 Å². The molecule has 0 bridgehead atoms. The lowest BCUT2D eigenvalue weighted by Gasteiger charge is -2.13. The van der Waals surface area contributed by atoms with Crippen LogP contribution in [-0.2, 0) is 0 Å². The molecule has 1 aromatic rings. The lowest BCUT2D eigenvalue weighted by Crippen LogP contribution is -1.99. The molecule has 4 N–H and O–H groups in total. The Morgan fingerprint density at radius 2 is 1.85 bits per heavy atom. The number of phenols is 1. The van der Waals surface area contributed by atoms with Crippen molar-refractivity contribution in [3.63, 3.8) is 0 Å². The fourth-order valence-electron chi connectivity index (χ4n) is 1.17. The molecule has 0 spiro atoms. The van der Waals surface area contributed by atoms with Crippen molar-refractivity contribution in [1.82, 2.24) is 0 Å². The second-order valence-electron chi connectivity index (χ2n) is 2.55. The van der Waals surface area contributed by atoms with Crippen molar-refractivity contribution < 1.29 is 5.11 Å². The Morgan fingerprint density at radius 3 is 2.31 bits per heavy atom. The highest BCUT2D eigenvalue weighted by Crippen LogP contribution is 2.37. The number of nitrogens with one attached hydrogen (secondary N) is 3. The third-order valence-corrected chi connectivity index (χ3v) is 1.87. The molecule has 4 heteroatoms. The molecular weight excluding hydrogens is 166 g/mol. The van der Waals surface area contributed by atoms with E-state index >= 15 is 0 Å². The normalized spacial score (nSPS) is 9.46.